The monoisotopic (exact) mass is 368 g/mol. The predicted molar refractivity (Wildman–Crippen MR) is 103 cm³/mol. The van der Waals surface area contributed by atoms with Gasteiger partial charge in [-0.05, 0) is 61.4 Å². The highest BCUT2D eigenvalue weighted by molar-refractivity contribution is 7.92. The van der Waals surface area contributed by atoms with Crippen molar-refractivity contribution in [2.24, 2.45) is 0 Å². The van der Waals surface area contributed by atoms with Crippen LogP contribution in [-0.2, 0) is 10.0 Å². The second-order valence-electron chi connectivity index (χ2n) is 6.02. The molecule has 6 nitrogen and oxygen atoms in total. The van der Waals surface area contributed by atoms with Crippen molar-refractivity contribution < 1.29 is 8.42 Å². The number of para-hydroxylation sites is 1. The number of aromatic nitrogens is 2. The van der Waals surface area contributed by atoms with E-state index in [1.807, 2.05) is 56.1 Å². The summed E-state index contributed by atoms with van der Waals surface area (Å²) in [7, 11) is -1.83. The van der Waals surface area contributed by atoms with E-state index in [9.17, 15) is 8.42 Å². The van der Waals surface area contributed by atoms with Gasteiger partial charge in [-0.25, -0.2) is 8.42 Å². The van der Waals surface area contributed by atoms with Gasteiger partial charge in [-0.3, -0.25) is 4.72 Å². The van der Waals surface area contributed by atoms with Gasteiger partial charge in [0, 0.05) is 12.7 Å². The van der Waals surface area contributed by atoms with Gasteiger partial charge in [-0.2, -0.15) is 0 Å². The van der Waals surface area contributed by atoms with E-state index in [2.05, 4.69) is 14.9 Å². The molecule has 0 aliphatic carbocycles. The Labute approximate surface area is 153 Å². The molecule has 7 heteroatoms. The molecule has 134 valence electrons. The lowest BCUT2D eigenvalue weighted by Crippen LogP contribution is -2.16. The average molecular weight is 368 g/mol. The minimum Gasteiger partial charge on any atom is -0.328 e. The van der Waals surface area contributed by atoms with Crippen LogP contribution in [0, 0.1) is 13.8 Å². The van der Waals surface area contributed by atoms with Crippen molar-refractivity contribution in [2.45, 2.75) is 18.7 Å². The SMILES string of the molecule is Cc1ccc(S(=O)(=O)Nc2ccc(N(C)c3ccccc3)nn2)cc1C. The van der Waals surface area contributed by atoms with Crippen molar-refractivity contribution in [3.05, 3.63) is 71.8 Å². The highest BCUT2D eigenvalue weighted by Gasteiger charge is 2.16. The van der Waals surface area contributed by atoms with E-state index in [1.54, 1.807) is 30.3 Å². The smallest absolute Gasteiger partial charge is 0.263 e. The van der Waals surface area contributed by atoms with Crippen molar-refractivity contribution in [3.8, 4) is 0 Å². The topological polar surface area (TPSA) is 75.2 Å². The summed E-state index contributed by atoms with van der Waals surface area (Å²) in [6, 6.07) is 18.0. The number of anilines is 3. The van der Waals surface area contributed by atoms with E-state index in [4.69, 9.17) is 0 Å². The number of aryl methyl sites for hydroxylation is 2. The number of sulfonamides is 1. The Hall–Kier alpha value is -2.93. The molecule has 3 rings (SSSR count). The maximum Gasteiger partial charge on any atom is 0.263 e. The van der Waals surface area contributed by atoms with Crippen molar-refractivity contribution in [2.75, 3.05) is 16.7 Å². The molecule has 0 aliphatic rings. The summed E-state index contributed by atoms with van der Waals surface area (Å²) in [6.45, 7) is 3.81. The molecule has 0 unspecified atom stereocenters. The first kappa shape index (κ1) is 17.9. The van der Waals surface area contributed by atoms with Crippen LogP contribution in [-0.4, -0.2) is 25.7 Å². The summed E-state index contributed by atoms with van der Waals surface area (Å²) in [4.78, 5) is 2.07. The molecule has 0 radical (unpaired) electrons. The van der Waals surface area contributed by atoms with Crippen LogP contribution in [0.1, 0.15) is 11.1 Å². The van der Waals surface area contributed by atoms with E-state index in [1.165, 1.54) is 0 Å². The van der Waals surface area contributed by atoms with Crippen molar-refractivity contribution in [1.29, 1.82) is 0 Å². The molecular weight excluding hydrogens is 348 g/mol. The van der Waals surface area contributed by atoms with Gasteiger partial charge in [0.05, 0.1) is 4.90 Å². The molecular formula is C19H20N4O2S. The second kappa shape index (κ2) is 7.13. The molecule has 1 aromatic heterocycles. The van der Waals surface area contributed by atoms with Crippen LogP contribution in [0.5, 0.6) is 0 Å². The molecule has 0 amide bonds. The molecule has 1 N–H and O–H groups in total. The number of hydrogen-bond acceptors (Lipinski definition) is 5. The van der Waals surface area contributed by atoms with Crippen LogP contribution in [0.15, 0.2) is 65.6 Å². The van der Waals surface area contributed by atoms with Crippen LogP contribution in [0.2, 0.25) is 0 Å². The number of nitrogens with zero attached hydrogens (tertiary/aromatic N) is 3. The molecule has 1 heterocycles. The maximum absolute atomic E-state index is 12.5. The van der Waals surface area contributed by atoms with Crippen LogP contribution < -0.4 is 9.62 Å². The van der Waals surface area contributed by atoms with Gasteiger partial charge in [0.25, 0.3) is 10.0 Å². The Kier molecular flexibility index (Phi) is 4.90. The normalized spacial score (nSPS) is 11.2. The first-order valence-electron chi connectivity index (χ1n) is 8.09. The zero-order valence-corrected chi connectivity index (χ0v) is 15.7. The highest BCUT2D eigenvalue weighted by atomic mass is 32.2. The Balaban J connectivity index is 1.79. The fraction of sp³-hybridized carbons (Fsp3) is 0.158. The lowest BCUT2D eigenvalue weighted by atomic mass is 10.1. The lowest BCUT2D eigenvalue weighted by molar-refractivity contribution is 0.601. The molecule has 0 saturated carbocycles. The molecule has 0 aliphatic heterocycles. The summed E-state index contributed by atoms with van der Waals surface area (Å²) < 4.78 is 27.5. The third-order valence-corrected chi connectivity index (χ3v) is 5.52. The van der Waals surface area contributed by atoms with Crippen molar-refractivity contribution in [1.82, 2.24) is 10.2 Å². The summed E-state index contributed by atoms with van der Waals surface area (Å²) in [5, 5.41) is 8.11. The molecule has 0 fully saturated rings. The van der Waals surface area contributed by atoms with E-state index >= 15 is 0 Å². The predicted octanol–water partition coefficient (Wildman–Crippen LogP) is 3.66. The molecule has 2 aromatic carbocycles. The van der Waals surface area contributed by atoms with E-state index in [-0.39, 0.29) is 10.7 Å². The van der Waals surface area contributed by atoms with Gasteiger partial charge in [-0.1, -0.05) is 24.3 Å². The minimum absolute atomic E-state index is 0.174. The Morgan fingerprint density at radius 2 is 1.62 bits per heavy atom. The number of nitrogens with one attached hydrogen (secondary N) is 1. The van der Waals surface area contributed by atoms with Crippen LogP contribution in [0.3, 0.4) is 0 Å². The van der Waals surface area contributed by atoms with Gasteiger partial charge >= 0.3 is 0 Å². The van der Waals surface area contributed by atoms with Crippen LogP contribution in [0.25, 0.3) is 0 Å². The second-order valence-corrected chi connectivity index (χ2v) is 7.71. The number of rotatable bonds is 5. The lowest BCUT2D eigenvalue weighted by Gasteiger charge is -2.17. The Morgan fingerprint density at radius 1 is 0.885 bits per heavy atom. The molecule has 0 spiro atoms. The standard InChI is InChI=1S/C19H20N4O2S/c1-14-9-10-17(13-15(14)2)26(24,25)22-18-11-12-19(21-20-18)23(3)16-7-5-4-6-8-16/h4-13H,1-3H3,(H,20,22). The largest absolute Gasteiger partial charge is 0.328 e. The molecule has 0 atom stereocenters. The fourth-order valence-electron chi connectivity index (χ4n) is 2.42. The molecule has 26 heavy (non-hydrogen) atoms. The van der Waals surface area contributed by atoms with E-state index in [0.717, 1.165) is 16.8 Å². The average Bonchev–Trinajstić information content (AvgIpc) is 2.64. The zero-order chi connectivity index (χ0) is 18.7. The van der Waals surface area contributed by atoms with Crippen molar-refractivity contribution in [3.63, 3.8) is 0 Å². The van der Waals surface area contributed by atoms with Gasteiger partial charge in [0.1, 0.15) is 0 Å². The Bertz CT molecular complexity index is 1000. The zero-order valence-electron chi connectivity index (χ0n) is 14.8. The van der Waals surface area contributed by atoms with E-state index in [0.29, 0.717) is 5.82 Å². The summed E-state index contributed by atoms with van der Waals surface area (Å²) in [6.07, 6.45) is 0. The third-order valence-electron chi connectivity index (χ3n) is 4.17. The summed E-state index contributed by atoms with van der Waals surface area (Å²) in [5.41, 5.74) is 2.92. The molecule has 0 saturated heterocycles. The third kappa shape index (κ3) is 3.83. The maximum atomic E-state index is 12.5. The van der Waals surface area contributed by atoms with E-state index < -0.39 is 10.0 Å². The molecule has 3 aromatic rings. The van der Waals surface area contributed by atoms with Crippen molar-refractivity contribution >= 4 is 27.3 Å². The van der Waals surface area contributed by atoms with Gasteiger partial charge < -0.3 is 4.90 Å². The summed E-state index contributed by atoms with van der Waals surface area (Å²) in [5.74, 6) is 0.791. The Morgan fingerprint density at radius 3 is 2.23 bits per heavy atom. The number of hydrogen-bond donors (Lipinski definition) is 1. The van der Waals surface area contributed by atoms with Gasteiger partial charge in [0.15, 0.2) is 11.6 Å². The minimum atomic E-state index is -3.70. The quantitative estimate of drug-likeness (QED) is 0.744. The first-order chi connectivity index (χ1) is 12.4. The highest BCUT2D eigenvalue weighted by Crippen LogP contribution is 2.22. The fourth-order valence-corrected chi connectivity index (χ4v) is 3.50. The van der Waals surface area contributed by atoms with Crippen LogP contribution in [0.4, 0.5) is 17.3 Å². The first-order valence-corrected chi connectivity index (χ1v) is 9.58. The van der Waals surface area contributed by atoms with Gasteiger partial charge in [0.2, 0.25) is 0 Å². The number of benzene rings is 2. The van der Waals surface area contributed by atoms with Gasteiger partial charge in [-0.15, -0.1) is 10.2 Å². The van der Waals surface area contributed by atoms with Crippen LogP contribution >= 0.6 is 0 Å². The summed E-state index contributed by atoms with van der Waals surface area (Å²) >= 11 is 0. The molecule has 0 bridgehead atoms.